The molecule has 0 fully saturated rings. The number of hydrogen-bond acceptors (Lipinski definition) is 3. The van der Waals surface area contributed by atoms with Crippen LogP contribution in [0.25, 0.3) is 0 Å². The van der Waals surface area contributed by atoms with Crippen molar-refractivity contribution in [2.24, 2.45) is 12.0 Å². The maximum Gasteiger partial charge on any atom is 0.425 e. The summed E-state index contributed by atoms with van der Waals surface area (Å²) in [4.78, 5) is 16.4. The molecule has 0 N–H and O–H groups in total. The monoisotopic (exact) mass is 302 g/mol. The second-order valence-electron chi connectivity index (χ2n) is 5.60. The smallest absolute Gasteiger partial charge is 0.425 e. The van der Waals surface area contributed by atoms with Gasteiger partial charge < -0.3 is 9.30 Å². The lowest BCUT2D eigenvalue weighted by atomic mass is 9.86. The second-order valence-corrected chi connectivity index (χ2v) is 5.60. The van der Waals surface area contributed by atoms with Gasteiger partial charge in [0, 0.05) is 32.2 Å². The van der Waals surface area contributed by atoms with E-state index in [2.05, 4.69) is 4.99 Å². The van der Waals surface area contributed by atoms with Gasteiger partial charge in [0.2, 0.25) is 0 Å². The van der Waals surface area contributed by atoms with Gasteiger partial charge in [0.15, 0.2) is 12.0 Å². The molecule has 0 saturated carbocycles. The van der Waals surface area contributed by atoms with E-state index in [0.29, 0.717) is 0 Å². The molecule has 7 heteroatoms. The van der Waals surface area contributed by atoms with Crippen LogP contribution < -0.4 is 5.56 Å². The fraction of sp³-hybridized carbons (Fsp3) is 0.571. The average Bonchev–Trinajstić information content (AvgIpc) is 2.31. The van der Waals surface area contributed by atoms with Crippen molar-refractivity contribution in [3.05, 3.63) is 33.7 Å². The first-order chi connectivity index (χ1) is 9.53. The van der Waals surface area contributed by atoms with E-state index in [0.717, 1.165) is 5.56 Å². The number of halogens is 3. The van der Waals surface area contributed by atoms with Crippen LogP contribution in [0.5, 0.6) is 0 Å². The molecule has 116 valence electrons. The summed E-state index contributed by atoms with van der Waals surface area (Å²) < 4.78 is 45.1. The molecule has 1 aromatic rings. The minimum Gasteiger partial charge on any atom is -0.468 e. The van der Waals surface area contributed by atoms with E-state index in [1.807, 2.05) is 0 Å². The summed E-state index contributed by atoms with van der Waals surface area (Å²) in [5.74, 6) is -0.0605. The van der Waals surface area contributed by atoms with Gasteiger partial charge >= 0.3 is 6.18 Å². The Labute approximate surface area is 120 Å². The number of nitrogens with zero attached hydrogens (tertiary/aromatic N) is 2. The quantitative estimate of drug-likeness (QED) is 0.800. The van der Waals surface area contributed by atoms with E-state index in [4.69, 9.17) is 4.74 Å². The Hall–Kier alpha value is -1.79. The number of aromatic nitrogens is 1. The van der Waals surface area contributed by atoms with Crippen LogP contribution in [0.4, 0.5) is 13.2 Å². The van der Waals surface area contributed by atoms with Crippen LogP contribution in [0.15, 0.2) is 22.1 Å². The van der Waals surface area contributed by atoms with Crippen LogP contribution >= 0.6 is 0 Å². The molecule has 1 aliphatic rings. The number of rotatable bonds is 1. The molecule has 2 rings (SSSR count). The molecule has 0 amide bonds. The number of hydrogen-bond donors (Lipinski definition) is 0. The predicted molar refractivity (Wildman–Crippen MR) is 72.4 cm³/mol. The Balaban J connectivity index is 2.56. The molecule has 0 unspecified atom stereocenters. The first-order valence-corrected chi connectivity index (χ1v) is 6.50. The molecule has 0 aliphatic carbocycles. The Kier molecular flexibility index (Phi) is 3.63. The minimum absolute atomic E-state index is 0.0605. The molecule has 21 heavy (non-hydrogen) atoms. The topological polar surface area (TPSA) is 43.6 Å². The maximum atomic E-state index is 13.0. The molecule has 2 heterocycles. The van der Waals surface area contributed by atoms with Crippen LogP contribution in [0, 0.1) is 6.92 Å². The van der Waals surface area contributed by atoms with E-state index in [1.165, 1.54) is 18.4 Å². The van der Waals surface area contributed by atoms with Crippen molar-refractivity contribution in [2.45, 2.75) is 45.0 Å². The van der Waals surface area contributed by atoms with Crippen molar-refractivity contribution < 1.29 is 17.9 Å². The SMILES string of the molecule is CC1=N[C@](C)(c2cc(C)cn(C)c2=O)C[C@@H](C(F)(F)F)O1. The molecule has 1 aliphatic heterocycles. The highest BCUT2D eigenvalue weighted by Crippen LogP contribution is 2.39. The van der Waals surface area contributed by atoms with Crippen molar-refractivity contribution >= 4 is 5.90 Å². The molecule has 0 spiro atoms. The number of ether oxygens (including phenoxy) is 1. The molecule has 0 bridgehead atoms. The van der Waals surface area contributed by atoms with Gasteiger partial charge in [-0.05, 0) is 25.5 Å². The second kappa shape index (κ2) is 4.89. The van der Waals surface area contributed by atoms with Gasteiger partial charge in [-0.15, -0.1) is 0 Å². The number of pyridine rings is 1. The summed E-state index contributed by atoms with van der Waals surface area (Å²) in [5.41, 5.74) is -0.552. The number of aliphatic imine (C=N–C) groups is 1. The van der Waals surface area contributed by atoms with Crippen LogP contribution in [0.1, 0.15) is 31.4 Å². The van der Waals surface area contributed by atoms with Gasteiger partial charge in [-0.1, -0.05) is 0 Å². The van der Waals surface area contributed by atoms with Gasteiger partial charge in [-0.2, -0.15) is 13.2 Å². The van der Waals surface area contributed by atoms with E-state index in [1.54, 1.807) is 26.2 Å². The van der Waals surface area contributed by atoms with Crippen molar-refractivity contribution in [3.8, 4) is 0 Å². The largest absolute Gasteiger partial charge is 0.468 e. The Morgan fingerprint density at radius 3 is 2.62 bits per heavy atom. The van der Waals surface area contributed by atoms with E-state index in [9.17, 15) is 18.0 Å². The first kappa shape index (κ1) is 15.6. The highest BCUT2D eigenvalue weighted by Gasteiger charge is 2.49. The van der Waals surface area contributed by atoms with Crippen molar-refractivity contribution in [1.82, 2.24) is 4.57 Å². The van der Waals surface area contributed by atoms with Gasteiger partial charge in [-0.25, -0.2) is 4.99 Å². The van der Waals surface area contributed by atoms with Gasteiger partial charge in [0.25, 0.3) is 5.56 Å². The lowest BCUT2D eigenvalue weighted by Gasteiger charge is -2.36. The zero-order valence-corrected chi connectivity index (χ0v) is 12.3. The van der Waals surface area contributed by atoms with E-state index < -0.39 is 24.2 Å². The summed E-state index contributed by atoms with van der Waals surface area (Å²) in [5, 5.41) is 0. The highest BCUT2D eigenvalue weighted by atomic mass is 19.4. The normalized spacial score (nSPS) is 26.2. The summed E-state index contributed by atoms with van der Waals surface area (Å²) >= 11 is 0. The van der Waals surface area contributed by atoms with Gasteiger partial charge in [0.1, 0.15) is 0 Å². The zero-order valence-electron chi connectivity index (χ0n) is 12.3. The van der Waals surface area contributed by atoms with Crippen LogP contribution in [-0.4, -0.2) is 22.7 Å². The van der Waals surface area contributed by atoms with E-state index in [-0.39, 0.29) is 17.0 Å². The Morgan fingerprint density at radius 1 is 1.43 bits per heavy atom. The van der Waals surface area contributed by atoms with Crippen molar-refractivity contribution in [1.29, 1.82) is 0 Å². The molecule has 0 radical (unpaired) electrons. The lowest BCUT2D eigenvalue weighted by molar-refractivity contribution is -0.207. The molecule has 1 aromatic heterocycles. The molecule has 0 aromatic carbocycles. The third-order valence-corrected chi connectivity index (χ3v) is 3.57. The Morgan fingerprint density at radius 2 is 2.05 bits per heavy atom. The fourth-order valence-corrected chi connectivity index (χ4v) is 2.65. The molecule has 2 atom stereocenters. The summed E-state index contributed by atoms with van der Waals surface area (Å²) in [6.07, 6.45) is -5.22. The van der Waals surface area contributed by atoms with Crippen LogP contribution in [0.3, 0.4) is 0 Å². The van der Waals surface area contributed by atoms with Crippen LogP contribution in [-0.2, 0) is 17.3 Å². The predicted octanol–water partition coefficient (Wildman–Crippen LogP) is 2.68. The molecular weight excluding hydrogens is 285 g/mol. The lowest BCUT2D eigenvalue weighted by Crippen LogP contribution is -2.45. The first-order valence-electron chi connectivity index (χ1n) is 6.50. The maximum absolute atomic E-state index is 13.0. The Bertz CT molecular complexity index is 649. The third kappa shape index (κ3) is 2.96. The van der Waals surface area contributed by atoms with Gasteiger partial charge in [0.05, 0.1) is 5.54 Å². The van der Waals surface area contributed by atoms with E-state index >= 15 is 0 Å². The fourth-order valence-electron chi connectivity index (χ4n) is 2.65. The zero-order chi connectivity index (χ0) is 16.0. The average molecular weight is 302 g/mol. The standard InChI is InChI=1S/C14H17F3N2O2/c1-8-5-10(12(20)19(4)7-8)13(3)6-11(14(15,16)17)21-9(2)18-13/h5,7,11H,6H2,1-4H3/t11-,13-/m0/s1. The van der Waals surface area contributed by atoms with Crippen molar-refractivity contribution in [3.63, 3.8) is 0 Å². The third-order valence-electron chi connectivity index (χ3n) is 3.57. The number of alkyl halides is 3. The van der Waals surface area contributed by atoms with Gasteiger partial charge in [-0.3, -0.25) is 4.79 Å². The summed E-state index contributed by atoms with van der Waals surface area (Å²) in [6, 6.07) is 1.60. The van der Waals surface area contributed by atoms with Crippen LogP contribution in [0.2, 0.25) is 0 Å². The highest BCUT2D eigenvalue weighted by molar-refractivity contribution is 5.74. The summed E-state index contributed by atoms with van der Waals surface area (Å²) in [7, 11) is 1.57. The molecular formula is C14H17F3N2O2. The molecule has 4 nitrogen and oxygen atoms in total. The summed E-state index contributed by atoms with van der Waals surface area (Å²) in [6.45, 7) is 4.69. The number of aryl methyl sites for hydroxylation is 2. The minimum atomic E-state index is -4.49. The molecule has 0 saturated heterocycles. The van der Waals surface area contributed by atoms with Crippen molar-refractivity contribution in [2.75, 3.05) is 0 Å².